The average molecular weight is 251 g/mol. The fourth-order valence-corrected chi connectivity index (χ4v) is 1.87. The van der Waals surface area contributed by atoms with Gasteiger partial charge in [0.25, 0.3) is 0 Å². The van der Waals surface area contributed by atoms with E-state index in [1.165, 1.54) is 0 Å². The number of hydrogen-bond acceptors (Lipinski definition) is 5. The Bertz CT molecular complexity index is 739. The zero-order chi connectivity index (χ0) is 13.2. The van der Waals surface area contributed by atoms with Gasteiger partial charge in [0.15, 0.2) is 0 Å². The molecular formula is C14H13N5. The predicted octanol–water partition coefficient (Wildman–Crippen LogP) is 2.66. The van der Waals surface area contributed by atoms with Crippen molar-refractivity contribution >= 4 is 28.4 Å². The van der Waals surface area contributed by atoms with E-state index in [9.17, 15) is 0 Å². The van der Waals surface area contributed by atoms with Crippen LogP contribution in [0.4, 0.5) is 17.5 Å². The van der Waals surface area contributed by atoms with Gasteiger partial charge in [-0.1, -0.05) is 6.07 Å². The molecule has 94 valence electrons. The lowest BCUT2D eigenvalue weighted by Gasteiger charge is -2.06. The van der Waals surface area contributed by atoms with E-state index < -0.39 is 0 Å². The van der Waals surface area contributed by atoms with Gasteiger partial charge in [0, 0.05) is 23.0 Å². The van der Waals surface area contributed by atoms with Crippen LogP contribution in [0.3, 0.4) is 0 Å². The predicted molar refractivity (Wildman–Crippen MR) is 76.2 cm³/mol. The quantitative estimate of drug-likeness (QED) is 0.732. The number of aromatic nitrogens is 3. The summed E-state index contributed by atoms with van der Waals surface area (Å²) in [6.45, 7) is 1.98. The summed E-state index contributed by atoms with van der Waals surface area (Å²) in [6.07, 6.45) is 1.62. The topological polar surface area (TPSA) is 76.7 Å². The molecule has 2 heterocycles. The molecule has 1 aromatic carbocycles. The highest BCUT2D eigenvalue weighted by molar-refractivity contribution is 5.83. The van der Waals surface area contributed by atoms with Crippen molar-refractivity contribution in [1.82, 2.24) is 15.0 Å². The van der Waals surface area contributed by atoms with Gasteiger partial charge in [-0.2, -0.15) is 4.98 Å². The Labute approximate surface area is 110 Å². The Hall–Kier alpha value is -2.69. The first-order valence-electron chi connectivity index (χ1n) is 5.94. The number of fused-ring (bicyclic) bond motifs is 1. The van der Waals surface area contributed by atoms with E-state index in [2.05, 4.69) is 20.3 Å². The molecule has 0 fully saturated rings. The summed E-state index contributed by atoms with van der Waals surface area (Å²) in [6, 6.07) is 11.6. The summed E-state index contributed by atoms with van der Waals surface area (Å²) in [5, 5.41) is 4.19. The maximum absolute atomic E-state index is 5.62. The highest BCUT2D eigenvalue weighted by atomic mass is 15.1. The second kappa shape index (κ2) is 4.53. The Morgan fingerprint density at radius 2 is 1.95 bits per heavy atom. The van der Waals surface area contributed by atoms with Crippen molar-refractivity contribution in [2.45, 2.75) is 6.92 Å². The van der Waals surface area contributed by atoms with Gasteiger partial charge in [0.05, 0.1) is 5.52 Å². The summed E-state index contributed by atoms with van der Waals surface area (Å²) >= 11 is 0. The van der Waals surface area contributed by atoms with Crippen LogP contribution < -0.4 is 11.1 Å². The summed E-state index contributed by atoms with van der Waals surface area (Å²) in [4.78, 5) is 12.7. The lowest BCUT2D eigenvalue weighted by molar-refractivity contribution is 1.17. The zero-order valence-corrected chi connectivity index (χ0v) is 10.5. The second-order valence-corrected chi connectivity index (χ2v) is 4.29. The van der Waals surface area contributed by atoms with Gasteiger partial charge in [-0.15, -0.1) is 0 Å². The van der Waals surface area contributed by atoms with E-state index in [1.54, 1.807) is 12.3 Å². The van der Waals surface area contributed by atoms with Crippen molar-refractivity contribution in [3.63, 3.8) is 0 Å². The largest absolute Gasteiger partial charge is 0.384 e. The molecule has 0 radical (unpaired) electrons. The molecule has 0 bridgehead atoms. The number of nitrogens with one attached hydrogen (secondary N) is 1. The van der Waals surface area contributed by atoms with E-state index in [0.29, 0.717) is 11.8 Å². The van der Waals surface area contributed by atoms with Crippen molar-refractivity contribution in [1.29, 1.82) is 0 Å². The number of nitrogens with zero attached hydrogens (tertiary/aromatic N) is 3. The number of aryl methyl sites for hydroxylation is 1. The Kier molecular flexibility index (Phi) is 2.72. The molecule has 0 unspecified atom stereocenters. The van der Waals surface area contributed by atoms with Gasteiger partial charge in [-0.3, -0.25) is 4.98 Å². The van der Waals surface area contributed by atoms with Gasteiger partial charge in [0.1, 0.15) is 5.82 Å². The fourth-order valence-electron chi connectivity index (χ4n) is 1.87. The van der Waals surface area contributed by atoms with E-state index >= 15 is 0 Å². The van der Waals surface area contributed by atoms with Crippen molar-refractivity contribution < 1.29 is 0 Å². The molecule has 3 N–H and O–H groups in total. The highest BCUT2D eigenvalue weighted by Gasteiger charge is 2.01. The normalized spacial score (nSPS) is 10.6. The van der Waals surface area contributed by atoms with Gasteiger partial charge < -0.3 is 11.1 Å². The van der Waals surface area contributed by atoms with Crippen molar-refractivity contribution in [3.05, 3.63) is 48.3 Å². The van der Waals surface area contributed by atoms with Crippen LogP contribution in [0.5, 0.6) is 0 Å². The molecule has 0 aliphatic rings. The molecule has 5 nitrogen and oxygen atoms in total. The average Bonchev–Trinajstić information content (AvgIpc) is 2.39. The van der Waals surface area contributed by atoms with Crippen LogP contribution >= 0.6 is 0 Å². The van der Waals surface area contributed by atoms with Crippen LogP contribution in [0.15, 0.2) is 42.6 Å². The molecular weight excluding hydrogens is 238 g/mol. The van der Waals surface area contributed by atoms with Crippen LogP contribution in [0.25, 0.3) is 10.9 Å². The first kappa shape index (κ1) is 11.4. The Morgan fingerprint density at radius 1 is 1.05 bits per heavy atom. The molecule has 0 atom stereocenters. The number of rotatable bonds is 2. The number of hydrogen-bond donors (Lipinski definition) is 2. The lowest BCUT2D eigenvalue weighted by atomic mass is 10.2. The molecule has 0 aliphatic carbocycles. The first-order valence-corrected chi connectivity index (χ1v) is 5.94. The smallest absolute Gasteiger partial charge is 0.229 e. The van der Waals surface area contributed by atoms with Crippen LogP contribution in [0.1, 0.15) is 5.69 Å². The number of anilines is 3. The van der Waals surface area contributed by atoms with E-state index in [-0.39, 0.29) is 0 Å². The molecule has 0 saturated heterocycles. The van der Waals surface area contributed by atoms with Crippen molar-refractivity contribution in [3.8, 4) is 0 Å². The summed E-state index contributed by atoms with van der Waals surface area (Å²) < 4.78 is 0. The number of nitrogen functional groups attached to an aromatic ring is 1. The van der Waals surface area contributed by atoms with Crippen molar-refractivity contribution in [2.24, 2.45) is 0 Å². The maximum atomic E-state index is 5.62. The molecule has 3 aromatic rings. The number of nitrogens with two attached hydrogens (primary N) is 1. The molecule has 19 heavy (non-hydrogen) atoms. The lowest BCUT2D eigenvalue weighted by Crippen LogP contribution is -1.99. The Balaban J connectivity index is 1.95. The standard InChI is InChI=1S/C14H13N5/c1-9-2-3-10-8-11(4-5-12(10)17-9)18-14-16-7-6-13(15)19-14/h2-8H,1H3,(H3,15,16,18,19). The molecule has 0 aliphatic heterocycles. The van der Waals surface area contributed by atoms with E-state index in [1.807, 2.05) is 37.3 Å². The SMILES string of the molecule is Cc1ccc2cc(Nc3nccc(N)n3)ccc2n1. The van der Waals surface area contributed by atoms with Crippen LogP contribution in [-0.4, -0.2) is 15.0 Å². The summed E-state index contributed by atoms with van der Waals surface area (Å²) in [7, 11) is 0. The summed E-state index contributed by atoms with van der Waals surface area (Å²) in [5.74, 6) is 0.926. The minimum atomic E-state index is 0.440. The number of benzene rings is 1. The third kappa shape index (κ3) is 2.44. The molecule has 5 heteroatoms. The molecule has 2 aromatic heterocycles. The minimum Gasteiger partial charge on any atom is -0.384 e. The minimum absolute atomic E-state index is 0.440. The Morgan fingerprint density at radius 3 is 2.79 bits per heavy atom. The fraction of sp³-hybridized carbons (Fsp3) is 0.0714. The van der Waals surface area contributed by atoms with Gasteiger partial charge in [0.2, 0.25) is 5.95 Å². The third-order valence-corrected chi connectivity index (χ3v) is 2.76. The van der Waals surface area contributed by atoms with Gasteiger partial charge >= 0.3 is 0 Å². The molecule has 0 amide bonds. The summed E-state index contributed by atoms with van der Waals surface area (Å²) in [5.41, 5.74) is 8.50. The highest BCUT2D eigenvalue weighted by Crippen LogP contribution is 2.20. The zero-order valence-electron chi connectivity index (χ0n) is 10.5. The van der Waals surface area contributed by atoms with E-state index in [4.69, 9.17) is 5.73 Å². The second-order valence-electron chi connectivity index (χ2n) is 4.29. The van der Waals surface area contributed by atoms with Gasteiger partial charge in [-0.25, -0.2) is 4.98 Å². The molecule has 0 spiro atoms. The third-order valence-electron chi connectivity index (χ3n) is 2.76. The molecule has 0 saturated carbocycles. The van der Waals surface area contributed by atoms with Crippen LogP contribution in [-0.2, 0) is 0 Å². The van der Waals surface area contributed by atoms with Crippen LogP contribution in [0.2, 0.25) is 0 Å². The van der Waals surface area contributed by atoms with Gasteiger partial charge in [-0.05, 0) is 37.3 Å². The van der Waals surface area contributed by atoms with Crippen molar-refractivity contribution in [2.75, 3.05) is 11.1 Å². The monoisotopic (exact) mass is 251 g/mol. The maximum Gasteiger partial charge on any atom is 0.229 e. The number of pyridine rings is 1. The van der Waals surface area contributed by atoms with E-state index in [0.717, 1.165) is 22.3 Å². The first-order chi connectivity index (χ1) is 9.20. The molecule has 3 rings (SSSR count). The van der Waals surface area contributed by atoms with Crippen LogP contribution in [0, 0.1) is 6.92 Å².